The van der Waals surface area contributed by atoms with Crippen molar-refractivity contribution in [1.29, 1.82) is 0 Å². The predicted molar refractivity (Wildman–Crippen MR) is 70.4 cm³/mol. The van der Waals surface area contributed by atoms with E-state index in [4.69, 9.17) is 0 Å². The van der Waals surface area contributed by atoms with Gasteiger partial charge in [0.1, 0.15) is 11.6 Å². The third kappa shape index (κ3) is 3.04. The van der Waals surface area contributed by atoms with Crippen molar-refractivity contribution >= 4 is 33.0 Å². The van der Waals surface area contributed by atoms with E-state index in [1.165, 1.54) is 12.1 Å². The molecule has 90 valence electrons. The molecule has 0 saturated heterocycles. The first-order valence-corrected chi connectivity index (χ1v) is 6.66. The van der Waals surface area contributed by atoms with Crippen molar-refractivity contribution in [2.75, 3.05) is 5.32 Å². The molecular weight excluding hydrogens is 308 g/mol. The minimum absolute atomic E-state index is 0.192. The Hall–Kier alpha value is -0.940. The summed E-state index contributed by atoms with van der Waals surface area (Å²) in [5.41, 5.74) is 0.504. The van der Waals surface area contributed by atoms with Crippen molar-refractivity contribution in [1.82, 2.24) is 0 Å². The smallest absolute Gasteiger partial charge is 0.146 e. The van der Waals surface area contributed by atoms with Crippen LogP contribution in [0.4, 0.5) is 14.5 Å². The van der Waals surface area contributed by atoms with Crippen molar-refractivity contribution in [3.63, 3.8) is 0 Å². The lowest BCUT2D eigenvalue weighted by atomic mass is 10.2. The van der Waals surface area contributed by atoms with Crippen molar-refractivity contribution in [3.05, 3.63) is 50.1 Å². The number of nitrogens with one attached hydrogen (secondary N) is 1. The van der Waals surface area contributed by atoms with Gasteiger partial charge in [-0.15, -0.1) is 11.3 Å². The van der Waals surface area contributed by atoms with Gasteiger partial charge in [-0.25, -0.2) is 8.78 Å². The van der Waals surface area contributed by atoms with Crippen LogP contribution in [0.3, 0.4) is 0 Å². The topological polar surface area (TPSA) is 12.0 Å². The maximum Gasteiger partial charge on any atom is 0.146 e. The number of aryl methyl sites for hydroxylation is 1. The fourth-order valence-corrected chi connectivity index (χ4v) is 2.80. The molecule has 0 radical (unpaired) electrons. The summed E-state index contributed by atoms with van der Waals surface area (Å²) in [7, 11) is 0. The highest BCUT2D eigenvalue weighted by atomic mass is 79.9. The Balaban J connectivity index is 2.11. The van der Waals surface area contributed by atoms with E-state index < -0.39 is 11.6 Å². The molecule has 17 heavy (non-hydrogen) atoms. The molecule has 0 spiro atoms. The fraction of sp³-hybridized carbons (Fsp3) is 0.167. The number of benzene rings is 1. The Labute approximate surface area is 111 Å². The summed E-state index contributed by atoms with van der Waals surface area (Å²) in [4.78, 5) is 1.05. The number of anilines is 1. The molecule has 1 aromatic heterocycles. The highest BCUT2D eigenvalue weighted by Crippen LogP contribution is 2.23. The van der Waals surface area contributed by atoms with Crippen LogP contribution in [0.5, 0.6) is 0 Å². The largest absolute Gasteiger partial charge is 0.378 e. The van der Waals surface area contributed by atoms with Gasteiger partial charge in [0.05, 0.1) is 5.69 Å². The van der Waals surface area contributed by atoms with Crippen LogP contribution >= 0.6 is 27.3 Å². The molecule has 5 heteroatoms. The molecule has 0 saturated carbocycles. The lowest BCUT2D eigenvalue weighted by Crippen LogP contribution is -2.01. The molecule has 0 aliphatic heterocycles. The van der Waals surface area contributed by atoms with Gasteiger partial charge in [-0.2, -0.15) is 0 Å². The minimum atomic E-state index is -0.431. The molecule has 0 aliphatic rings. The normalized spacial score (nSPS) is 10.6. The van der Waals surface area contributed by atoms with Crippen molar-refractivity contribution < 1.29 is 8.78 Å². The SMILES string of the molecule is Cc1cc(F)c(NCc2cc(Br)cs2)cc1F. The molecule has 0 unspecified atom stereocenters. The van der Waals surface area contributed by atoms with Gasteiger partial charge in [-0.3, -0.25) is 0 Å². The highest BCUT2D eigenvalue weighted by molar-refractivity contribution is 9.10. The summed E-state index contributed by atoms with van der Waals surface area (Å²) in [5, 5.41) is 4.83. The van der Waals surface area contributed by atoms with Gasteiger partial charge in [-0.1, -0.05) is 0 Å². The minimum Gasteiger partial charge on any atom is -0.378 e. The molecule has 0 bridgehead atoms. The monoisotopic (exact) mass is 317 g/mol. The van der Waals surface area contributed by atoms with Gasteiger partial charge in [-0.05, 0) is 40.5 Å². The lowest BCUT2D eigenvalue weighted by Gasteiger charge is -2.07. The number of hydrogen-bond acceptors (Lipinski definition) is 2. The maximum absolute atomic E-state index is 13.5. The summed E-state index contributed by atoms with van der Waals surface area (Å²) >= 11 is 4.90. The van der Waals surface area contributed by atoms with Gasteiger partial charge in [0.25, 0.3) is 0 Å². The van der Waals surface area contributed by atoms with Crippen LogP contribution in [0.2, 0.25) is 0 Å². The van der Waals surface area contributed by atoms with Crippen LogP contribution in [-0.2, 0) is 6.54 Å². The first-order valence-electron chi connectivity index (χ1n) is 4.98. The number of hydrogen-bond donors (Lipinski definition) is 1. The Morgan fingerprint density at radius 1 is 1.24 bits per heavy atom. The van der Waals surface area contributed by atoms with Gasteiger partial charge in [0.15, 0.2) is 0 Å². The van der Waals surface area contributed by atoms with Crippen molar-refractivity contribution in [2.45, 2.75) is 13.5 Å². The lowest BCUT2D eigenvalue weighted by molar-refractivity contribution is 0.594. The average Bonchev–Trinajstić information content (AvgIpc) is 2.68. The first-order chi connectivity index (χ1) is 8.06. The summed E-state index contributed by atoms with van der Waals surface area (Å²) in [6.45, 7) is 2.02. The Bertz CT molecular complexity index is 539. The quantitative estimate of drug-likeness (QED) is 0.864. The fourth-order valence-electron chi connectivity index (χ4n) is 1.41. The van der Waals surface area contributed by atoms with E-state index in [1.807, 2.05) is 11.4 Å². The van der Waals surface area contributed by atoms with Crippen molar-refractivity contribution in [2.24, 2.45) is 0 Å². The average molecular weight is 318 g/mol. The number of thiophene rings is 1. The molecular formula is C12H10BrF2NS. The van der Waals surface area contributed by atoms with E-state index in [-0.39, 0.29) is 5.69 Å². The van der Waals surface area contributed by atoms with Crippen LogP contribution in [0.15, 0.2) is 28.1 Å². The Kier molecular flexibility index (Phi) is 3.79. The summed E-state index contributed by atoms with van der Waals surface area (Å²) in [6, 6.07) is 4.33. The molecule has 0 aliphatic carbocycles. The van der Waals surface area contributed by atoms with Crippen LogP contribution < -0.4 is 5.32 Å². The van der Waals surface area contributed by atoms with E-state index in [9.17, 15) is 8.78 Å². The zero-order valence-electron chi connectivity index (χ0n) is 9.06. The van der Waals surface area contributed by atoms with Crippen LogP contribution in [0.25, 0.3) is 0 Å². The molecule has 2 rings (SSSR count). The second-order valence-corrected chi connectivity index (χ2v) is 5.58. The molecule has 1 N–H and O–H groups in total. The van der Waals surface area contributed by atoms with Crippen LogP contribution in [-0.4, -0.2) is 0 Å². The van der Waals surface area contributed by atoms with Crippen LogP contribution in [0.1, 0.15) is 10.4 Å². The Morgan fingerprint density at radius 2 is 2.00 bits per heavy atom. The molecule has 1 heterocycles. The zero-order chi connectivity index (χ0) is 12.4. The van der Waals surface area contributed by atoms with E-state index >= 15 is 0 Å². The van der Waals surface area contributed by atoms with E-state index in [0.29, 0.717) is 12.1 Å². The number of halogens is 3. The molecule has 0 atom stereocenters. The van der Waals surface area contributed by atoms with E-state index in [2.05, 4.69) is 21.2 Å². The highest BCUT2D eigenvalue weighted by Gasteiger charge is 2.07. The Morgan fingerprint density at radius 3 is 2.65 bits per heavy atom. The predicted octanol–water partition coefficient (Wildman–Crippen LogP) is 4.71. The standard InChI is InChI=1S/C12H10BrF2NS/c1-7-2-11(15)12(4-10(7)14)16-5-9-3-8(13)6-17-9/h2-4,6,16H,5H2,1H3. The molecule has 2 aromatic rings. The second-order valence-electron chi connectivity index (χ2n) is 3.67. The maximum atomic E-state index is 13.5. The van der Waals surface area contributed by atoms with E-state index in [0.717, 1.165) is 9.35 Å². The molecule has 1 nitrogen and oxygen atoms in total. The molecule has 0 amide bonds. The third-order valence-corrected chi connectivity index (χ3v) is 4.02. The first kappa shape index (κ1) is 12.5. The van der Waals surface area contributed by atoms with Gasteiger partial charge >= 0.3 is 0 Å². The second kappa shape index (κ2) is 5.14. The summed E-state index contributed by atoms with van der Waals surface area (Å²) in [6.07, 6.45) is 0. The van der Waals surface area contributed by atoms with Crippen LogP contribution in [0, 0.1) is 18.6 Å². The van der Waals surface area contributed by atoms with E-state index in [1.54, 1.807) is 18.3 Å². The number of rotatable bonds is 3. The van der Waals surface area contributed by atoms with Gasteiger partial charge < -0.3 is 5.32 Å². The third-order valence-electron chi connectivity index (χ3n) is 2.32. The molecule has 1 aromatic carbocycles. The summed E-state index contributed by atoms with van der Waals surface area (Å²) in [5.74, 6) is -0.833. The van der Waals surface area contributed by atoms with Gasteiger partial charge in [0, 0.05) is 27.3 Å². The molecule has 0 fully saturated rings. The summed E-state index contributed by atoms with van der Waals surface area (Å²) < 4.78 is 27.8. The zero-order valence-corrected chi connectivity index (χ0v) is 11.5. The van der Waals surface area contributed by atoms with Crippen molar-refractivity contribution in [3.8, 4) is 0 Å². The van der Waals surface area contributed by atoms with Gasteiger partial charge in [0.2, 0.25) is 0 Å².